The minimum absolute atomic E-state index is 0.874. The predicted molar refractivity (Wildman–Crippen MR) is 116 cm³/mol. The molecule has 151 valence electrons. The second-order valence-corrected chi connectivity index (χ2v) is 7.97. The third kappa shape index (κ3) is 24.0. The van der Waals surface area contributed by atoms with Crippen molar-refractivity contribution in [1.29, 1.82) is 0 Å². The van der Waals surface area contributed by atoms with Gasteiger partial charge in [0.1, 0.15) is 0 Å². The SMILES string of the molecule is [CH2]CNCCCCCCCCCCCCCCCCCCCCCC. The molecule has 0 fully saturated rings. The molecule has 0 aliphatic heterocycles. The molecule has 1 radical (unpaired) electrons. The Balaban J connectivity index is 2.94. The van der Waals surface area contributed by atoms with Crippen molar-refractivity contribution in [2.24, 2.45) is 0 Å². The van der Waals surface area contributed by atoms with Gasteiger partial charge in [-0.05, 0) is 26.4 Å². The lowest BCUT2D eigenvalue weighted by Crippen LogP contribution is -2.13. The van der Waals surface area contributed by atoms with Gasteiger partial charge in [0.25, 0.3) is 0 Å². The van der Waals surface area contributed by atoms with Crippen LogP contribution in [0.15, 0.2) is 0 Å². The smallest absolute Gasteiger partial charge is 0.00484 e. The molecule has 0 heterocycles. The van der Waals surface area contributed by atoms with E-state index in [4.69, 9.17) is 0 Å². The van der Waals surface area contributed by atoms with Crippen molar-refractivity contribution in [2.45, 2.75) is 135 Å². The third-order valence-electron chi connectivity index (χ3n) is 5.38. The van der Waals surface area contributed by atoms with Crippen molar-refractivity contribution >= 4 is 0 Å². The molecule has 0 amide bonds. The summed E-state index contributed by atoms with van der Waals surface area (Å²) in [5, 5.41) is 3.30. The lowest BCUT2D eigenvalue weighted by molar-refractivity contribution is 0.520. The van der Waals surface area contributed by atoms with E-state index in [9.17, 15) is 0 Å². The van der Waals surface area contributed by atoms with Gasteiger partial charge in [-0.25, -0.2) is 0 Å². The van der Waals surface area contributed by atoms with E-state index in [1.165, 1.54) is 128 Å². The highest BCUT2D eigenvalue weighted by Crippen LogP contribution is 2.14. The summed E-state index contributed by atoms with van der Waals surface area (Å²) in [5.41, 5.74) is 0. The van der Waals surface area contributed by atoms with E-state index in [1.54, 1.807) is 0 Å². The van der Waals surface area contributed by atoms with E-state index in [1.807, 2.05) is 0 Å². The number of unbranched alkanes of at least 4 members (excludes halogenated alkanes) is 19. The van der Waals surface area contributed by atoms with E-state index in [0.717, 1.165) is 13.1 Å². The maximum absolute atomic E-state index is 3.80. The molecule has 0 unspecified atom stereocenters. The molecular formula is C24H50N. The molecule has 0 aromatic heterocycles. The van der Waals surface area contributed by atoms with Crippen molar-refractivity contribution in [3.05, 3.63) is 6.92 Å². The molecule has 0 atom stereocenters. The average molecular weight is 353 g/mol. The van der Waals surface area contributed by atoms with Gasteiger partial charge in [-0.3, -0.25) is 0 Å². The number of hydrogen-bond acceptors (Lipinski definition) is 1. The Morgan fingerprint density at radius 2 is 0.720 bits per heavy atom. The first-order valence-electron chi connectivity index (χ1n) is 11.9. The van der Waals surface area contributed by atoms with Crippen LogP contribution in [0.4, 0.5) is 0 Å². The van der Waals surface area contributed by atoms with E-state index < -0.39 is 0 Å². The molecule has 0 saturated heterocycles. The zero-order chi connectivity index (χ0) is 18.3. The molecule has 0 spiro atoms. The first-order valence-corrected chi connectivity index (χ1v) is 11.9. The second kappa shape index (κ2) is 24.0. The molecular weight excluding hydrogens is 302 g/mol. The minimum atomic E-state index is 0.874. The van der Waals surface area contributed by atoms with Gasteiger partial charge < -0.3 is 5.32 Å². The van der Waals surface area contributed by atoms with E-state index >= 15 is 0 Å². The molecule has 25 heavy (non-hydrogen) atoms. The second-order valence-electron chi connectivity index (χ2n) is 7.97. The highest BCUT2D eigenvalue weighted by Gasteiger charge is 1.95. The van der Waals surface area contributed by atoms with Crippen LogP contribution in [-0.2, 0) is 0 Å². The Kier molecular flexibility index (Phi) is 23.9. The largest absolute Gasteiger partial charge is 0.317 e. The highest BCUT2D eigenvalue weighted by molar-refractivity contribution is 4.52. The lowest BCUT2D eigenvalue weighted by Gasteiger charge is -2.04. The molecule has 1 N–H and O–H groups in total. The topological polar surface area (TPSA) is 12.0 Å². The molecule has 0 rings (SSSR count). The molecule has 0 aromatic rings. The van der Waals surface area contributed by atoms with Crippen molar-refractivity contribution < 1.29 is 0 Å². The van der Waals surface area contributed by atoms with Gasteiger partial charge in [-0.1, -0.05) is 129 Å². The van der Waals surface area contributed by atoms with Crippen LogP contribution in [0.1, 0.15) is 135 Å². The molecule has 1 nitrogen and oxygen atoms in total. The normalized spacial score (nSPS) is 11.3. The monoisotopic (exact) mass is 352 g/mol. The van der Waals surface area contributed by atoms with Gasteiger partial charge in [0, 0.05) is 0 Å². The summed E-state index contributed by atoms with van der Waals surface area (Å²) < 4.78 is 0. The average Bonchev–Trinajstić information content (AvgIpc) is 2.63. The first-order chi connectivity index (χ1) is 12.4. The van der Waals surface area contributed by atoms with Crippen LogP contribution in [0.5, 0.6) is 0 Å². The van der Waals surface area contributed by atoms with Gasteiger partial charge >= 0.3 is 0 Å². The van der Waals surface area contributed by atoms with Crippen LogP contribution in [0, 0.1) is 6.92 Å². The molecule has 0 bridgehead atoms. The Labute approximate surface area is 161 Å². The maximum Gasteiger partial charge on any atom is -0.00484 e. The maximum atomic E-state index is 3.80. The molecule has 0 saturated carbocycles. The van der Waals surface area contributed by atoms with Gasteiger partial charge in [-0.15, -0.1) is 0 Å². The van der Waals surface area contributed by atoms with Gasteiger partial charge in [-0.2, -0.15) is 0 Å². The Morgan fingerprint density at radius 3 is 1.00 bits per heavy atom. The van der Waals surface area contributed by atoms with Crippen LogP contribution < -0.4 is 5.32 Å². The van der Waals surface area contributed by atoms with Crippen molar-refractivity contribution in [3.8, 4) is 0 Å². The van der Waals surface area contributed by atoms with Gasteiger partial charge in [0.05, 0.1) is 0 Å². The standard InChI is InChI=1S/C24H50N/c1-3-5-6-7-8-9-10-11-12-13-14-15-16-17-18-19-20-21-22-23-24-25-4-2/h25H,2-24H2,1H3. The van der Waals surface area contributed by atoms with Crippen LogP contribution in [0.3, 0.4) is 0 Å². The summed E-state index contributed by atoms with van der Waals surface area (Å²) in [6, 6.07) is 0. The Morgan fingerprint density at radius 1 is 0.440 bits per heavy atom. The highest BCUT2D eigenvalue weighted by atomic mass is 14.8. The van der Waals surface area contributed by atoms with Gasteiger partial charge in [0.2, 0.25) is 0 Å². The summed E-state index contributed by atoms with van der Waals surface area (Å²) >= 11 is 0. The van der Waals surface area contributed by atoms with Crippen molar-refractivity contribution in [3.63, 3.8) is 0 Å². The number of rotatable bonds is 22. The van der Waals surface area contributed by atoms with Gasteiger partial charge in [0.15, 0.2) is 0 Å². The summed E-state index contributed by atoms with van der Waals surface area (Å²) in [4.78, 5) is 0. The van der Waals surface area contributed by atoms with E-state index in [0.29, 0.717) is 0 Å². The number of hydrogen-bond donors (Lipinski definition) is 1. The summed E-state index contributed by atoms with van der Waals surface area (Å²) in [5.74, 6) is 0. The predicted octanol–water partition coefficient (Wildman–Crippen LogP) is 8.23. The lowest BCUT2D eigenvalue weighted by atomic mass is 10.0. The minimum Gasteiger partial charge on any atom is -0.317 e. The molecule has 0 aliphatic carbocycles. The third-order valence-corrected chi connectivity index (χ3v) is 5.38. The number of nitrogens with one attached hydrogen (secondary N) is 1. The van der Waals surface area contributed by atoms with E-state index in [-0.39, 0.29) is 0 Å². The Hall–Kier alpha value is -0.0400. The fraction of sp³-hybridized carbons (Fsp3) is 0.958. The summed E-state index contributed by atoms with van der Waals surface area (Å²) in [7, 11) is 0. The molecule has 1 heteroatoms. The fourth-order valence-electron chi connectivity index (χ4n) is 3.63. The quantitative estimate of drug-likeness (QED) is 0.193. The van der Waals surface area contributed by atoms with Crippen LogP contribution in [0.25, 0.3) is 0 Å². The first kappa shape index (κ1) is 25.0. The summed E-state index contributed by atoms with van der Waals surface area (Å²) in [6.45, 7) is 8.12. The molecule has 0 aliphatic rings. The molecule has 0 aromatic carbocycles. The van der Waals surface area contributed by atoms with Crippen LogP contribution in [-0.4, -0.2) is 13.1 Å². The van der Waals surface area contributed by atoms with Crippen molar-refractivity contribution in [2.75, 3.05) is 13.1 Å². The zero-order valence-corrected chi connectivity index (χ0v) is 17.8. The summed E-state index contributed by atoms with van der Waals surface area (Å²) in [6.07, 6.45) is 29.1. The Bertz CT molecular complexity index is 192. The van der Waals surface area contributed by atoms with Crippen molar-refractivity contribution in [1.82, 2.24) is 5.32 Å². The fourth-order valence-corrected chi connectivity index (χ4v) is 3.63. The van der Waals surface area contributed by atoms with E-state index in [2.05, 4.69) is 19.2 Å². The zero-order valence-electron chi connectivity index (χ0n) is 17.8. The van der Waals surface area contributed by atoms with Crippen LogP contribution in [0.2, 0.25) is 0 Å². The van der Waals surface area contributed by atoms with Crippen LogP contribution >= 0.6 is 0 Å².